The van der Waals surface area contributed by atoms with E-state index in [4.69, 9.17) is 0 Å². The van der Waals surface area contributed by atoms with Gasteiger partial charge in [0.15, 0.2) is 0 Å². The van der Waals surface area contributed by atoms with Gasteiger partial charge in [0.2, 0.25) is 0 Å². The Bertz CT molecular complexity index is 1390. The number of hydrogen-bond acceptors (Lipinski definition) is 0. The summed E-state index contributed by atoms with van der Waals surface area (Å²) in [5.41, 5.74) is 5.20. The first-order valence-electron chi connectivity index (χ1n) is 30.9. The van der Waals surface area contributed by atoms with Gasteiger partial charge in [-0.15, -0.1) is 0 Å². The van der Waals surface area contributed by atoms with E-state index in [9.17, 15) is 0 Å². The first-order chi connectivity index (χ1) is 33.7. The first kappa shape index (κ1) is 61.7. The molecule has 0 N–H and O–H groups in total. The Balaban J connectivity index is 1.73. The molecule has 0 spiro atoms. The molecule has 0 aliphatic heterocycles. The van der Waals surface area contributed by atoms with Crippen molar-refractivity contribution in [1.82, 2.24) is 0 Å². The summed E-state index contributed by atoms with van der Waals surface area (Å²) >= 11 is 0. The molecule has 0 aliphatic carbocycles. The van der Waals surface area contributed by atoms with E-state index < -0.39 is 0 Å². The Labute approximate surface area is 427 Å². The van der Waals surface area contributed by atoms with Crippen molar-refractivity contribution in [3.05, 3.63) is 70.8 Å². The predicted octanol–water partition coefficient (Wildman–Crippen LogP) is 23.2. The summed E-state index contributed by atoms with van der Waals surface area (Å²) in [4.78, 5) is 0. The smallest absolute Gasteiger partial charge is 0.0248 e. The van der Waals surface area contributed by atoms with Crippen molar-refractivity contribution < 1.29 is 0 Å². The van der Waals surface area contributed by atoms with E-state index in [1.165, 1.54) is 305 Å². The molecule has 0 fully saturated rings. The van der Waals surface area contributed by atoms with Gasteiger partial charge in [0.25, 0.3) is 0 Å². The zero-order chi connectivity index (χ0) is 48.5. The van der Waals surface area contributed by atoms with Crippen molar-refractivity contribution >= 4 is 0 Å². The Kier molecular flexibility index (Phi) is 43.7. The van der Waals surface area contributed by atoms with E-state index in [2.05, 4.69) is 99.9 Å². The maximum atomic E-state index is 3.58. The Morgan fingerprint density at radius 3 is 0.882 bits per heavy atom. The monoisotopic (exact) mass is 931 g/mol. The van der Waals surface area contributed by atoms with Crippen molar-refractivity contribution in [2.24, 2.45) is 5.92 Å². The van der Waals surface area contributed by atoms with Crippen LogP contribution in [-0.4, -0.2) is 0 Å². The SMILES string of the molecule is CCCCCCCCCCCCCCCCCCCCC#Cc1cccc(C(CC(C)CCCCCCCC)c2cccc(C#CCCCCCCCCCCCCCCCCCCCC)c2)c1. The summed E-state index contributed by atoms with van der Waals surface area (Å²) in [6.07, 6.45) is 63.9. The minimum atomic E-state index is 0.374. The number of hydrogen-bond donors (Lipinski definition) is 0. The van der Waals surface area contributed by atoms with Gasteiger partial charge in [0.05, 0.1) is 0 Å². The van der Waals surface area contributed by atoms with E-state index in [0.717, 1.165) is 12.8 Å². The fourth-order valence-electron chi connectivity index (χ4n) is 10.5. The van der Waals surface area contributed by atoms with Crippen LogP contribution >= 0.6 is 0 Å². The highest BCUT2D eigenvalue weighted by atomic mass is 14.2. The molecule has 2 rings (SSSR count). The maximum absolute atomic E-state index is 3.58. The van der Waals surface area contributed by atoms with Crippen LogP contribution in [0, 0.1) is 29.6 Å². The molecule has 0 radical (unpaired) electrons. The molecule has 0 aliphatic rings. The van der Waals surface area contributed by atoms with Gasteiger partial charge in [-0.3, -0.25) is 0 Å². The molecule has 68 heavy (non-hydrogen) atoms. The molecule has 0 heterocycles. The molecule has 0 bridgehead atoms. The summed E-state index contributed by atoms with van der Waals surface area (Å²) in [5.74, 6) is 15.3. The van der Waals surface area contributed by atoms with Crippen LogP contribution < -0.4 is 0 Å². The van der Waals surface area contributed by atoms with Gasteiger partial charge in [0, 0.05) is 29.9 Å². The average Bonchev–Trinajstić information content (AvgIpc) is 3.35. The molecule has 2 aromatic rings. The minimum absolute atomic E-state index is 0.374. The number of benzene rings is 2. The molecule has 0 aromatic heterocycles. The third-order valence-electron chi connectivity index (χ3n) is 15.0. The fourth-order valence-corrected chi connectivity index (χ4v) is 10.5. The van der Waals surface area contributed by atoms with Crippen LogP contribution in [0.25, 0.3) is 0 Å². The second-order valence-electron chi connectivity index (χ2n) is 21.8. The van der Waals surface area contributed by atoms with Crippen LogP contribution in [0.2, 0.25) is 0 Å². The number of unbranched alkanes of at least 4 members (excludes halogenated alkanes) is 41. The van der Waals surface area contributed by atoms with Crippen molar-refractivity contribution in [1.29, 1.82) is 0 Å². The normalized spacial score (nSPS) is 11.7. The molecular weight excluding hydrogens is 817 g/mol. The highest BCUT2D eigenvalue weighted by molar-refractivity contribution is 5.44. The van der Waals surface area contributed by atoms with Gasteiger partial charge in [-0.2, -0.15) is 0 Å². The van der Waals surface area contributed by atoms with E-state index >= 15 is 0 Å². The summed E-state index contributed by atoms with van der Waals surface area (Å²) < 4.78 is 0. The molecule has 0 amide bonds. The summed E-state index contributed by atoms with van der Waals surface area (Å²) in [7, 11) is 0. The van der Waals surface area contributed by atoms with Gasteiger partial charge >= 0.3 is 0 Å². The van der Waals surface area contributed by atoms with Crippen molar-refractivity contribution in [2.75, 3.05) is 0 Å². The lowest BCUT2D eigenvalue weighted by molar-refractivity contribution is 0.436. The predicted molar refractivity (Wildman–Crippen MR) is 307 cm³/mol. The summed E-state index contributed by atoms with van der Waals surface area (Å²) in [5, 5.41) is 0. The molecule has 1 unspecified atom stereocenters. The van der Waals surface area contributed by atoms with E-state index in [1.807, 2.05) is 0 Å². The van der Waals surface area contributed by atoms with E-state index in [0.29, 0.717) is 11.8 Å². The van der Waals surface area contributed by atoms with Crippen LogP contribution in [0.3, 0.4) is 0 Å². The van der Waals surface area contributed by atoms with Gasteiger partial charge < -0.3 is 0 Å². The van der Waals surface area contributed by atoms with Crippen LogP contribution in [0.1, 0.15) is 351 Å². The molecule has 0 saturated carbocycles. The summed E-state index contributed by atoms with van der Waals surface area (Å²) in [6.45, 7) is 9.42. The lowest BCUT2D eigenvalue weighted by atomic mass is 9.81. The van der Waals surface area contributed by atoms with Crippen LogP contribution in [0.4, 0.5) is 0 Å². The first-order valence-corrected chi connectivity index (χ1v) is 30.9. The number of rotatable bonds is 47. The quantitative estimate of drug-likeness (QED) is 0.0458. The van der Waals surface area contributed by atoms with E-state index in [1.54, 1.807) is 0 Å². The minimum Gasteiger partial charge on any atom is -0.0979 e. The Morgan fingerprint density at radius 2 is 0.588 bits per heavy atom. The maximum Gasteiger partial charge on any atom is 0.0248 e. The molecule has 0 heteroatoms. The Hall–Kier alpha value is -2.44. The van der Waals surface area contributed by atoms with Crippen molar-refractivity contribution in [3.63, 3.8) is 0 Å². The van der Waals surface area contributed by atoms with Crippen molar-refractivity contribution in [2.45, 2.75) is 329 Å². The standard InChI is InChI=1S/C68H114/c1-5-8-11-14-17-19-21-23-25-27-29-31-33-35-37-39-41-43-46-49-54-64-56-51-58-66(61-64)68(60-63(4)53-48-45-16-13-10-7-3)67-59-52-57-65(62-67)55-50-47-44-42-40-38-36-34-32-30-28-26-24-22-20-18-15-12-9-6-2/h51-52,56-59,61-63,68H,5-48,53,60H2,1-4H3. The van der Waals surface area contributed by atoms with Gasteiger partial charge in [-0.1, -0.05) is 339 Å². The summed E-state index contributed by atoms with van der Waals surface area (Å²) in [6, 6.07) is 18.5. The highest BCUT2D eigenvalue weighted by Gasteiger charge is 2.18. The zero-order valence-corrected chi connectivity index (χ0v) is 46.3. The lowest BCUT2D eigenvalue weighted by Gasteiger charge is -2.23. The van der Waals surface area contributed by atoms with Crippen LogP contribution in [0.15, 0.2) is 48.5 Å². The zero-order valence-electron chi connectivity index (χ0n) is 46.3. The molecular formula is C68H114. The Morgan fingerprint density at radius 1 is 0.324 bits per heavy atom. The molecule has 2 aromatic carbocycles. The van der Waals surface area contributed by atoms with Gasteiger partial charge in [-0.05, 0) is 60.6 Å². The topological polar surface area (TPSA) is 0 Å². The highest BCUT2D eigenvalue weighted by Crippen LogP contribution is 2.34. The largest absolute Gasteiger partial charge is 0.0979 e. The van der Waals surface area contributed by atoms with Crippen molar-refractivity contribution in [3.8, 4) is 23.7 Å². The lowest BCUT2D eigenvalue weighted by Crippen LogP contribution is -2.08. The molecule has 0 nitrogen and oxygen atoms in total. The fraction of sp³-hybridized carbons (Fsp3) is 0.765. The second-order valence-corrected chi connectivity index (χ2v) is 21.8. The van der Waals surface area contributed by atoms with Crippen LogP contribution in [0.5, 0.6) is 0 Å². The molecule has 386 valence electrons. The molecule has 0 saturated heterocycles. The third kappa shape index (κ3) is 37.4. The second kappa shape index (κ2) is 48.2. The third-order valence-corrected chi connectivity index (χ3v) is 15.0. The van der Waals surface area contributed by atoms with E-state index in [-0.39, 0.29) is 0 Å². The van der Waals surface area contributed by atoms with Gasteiger partial charge in [-0.25, -0.2) is 0 Å². The molecule has 1 atom stereocenters. The van der Waals surface area contributed by atoms with Crippen LogP contribution in [-0.2, 0) is 0 Å². The van der Waals surface area contributed by atoms with Gasteiger partial charge in [0.1, 0.15) is 0 Å². The average molecular weight is 932 g/mol.